The van der Waals surface area contributed by atoms with Crippen molar-refractivity contribution in [1.29, 1.82) is 0 Å². The molecule has 146 valence electrons. The summed E-state index contributed by atoms with van der Waals surface area (Å²) in [5.41, 5.74) is 1.62. The van der Waals surface area contributed by atoms with Crippen LogP contribution in [0.1, 0.15) is 33.2 Å². The standard InChI is InChI=1S/C22H17IN2O4/c1-3-29-20-17(23)10-13(11-18(20)28-2)12-24-25-21(26)15-8-4-6-14-7-5-9-16(19(14)15)22(25)27/h4-12H,3H2,1-2H3. The summed E-state index contributed by atoms with van der Waals surface area (Å²) in [6.07, 6.45) is 1.48. The third kappa shape index (κ3) is 3.35. The summed E-state index contributed by atoms with van der Waals surface area (Å²) in [5, 5.41) is 6.65. The Balaban J connectivity index is 1.72. The van der Waals surface area contributed by atoms with Gasteiger partial charge in [-0.2, -0.15) is 10.1 Å². The second kappa shape index (κ2) is 7.82. The molecule has 0 aliphatic carbocycles. The van der Waals surface area contributed by atoms with E-state index in [0.29, 0.717) is 40.2 Å². The molecule has 1 aliphatic heterocycles. The molecule has 0 unspecified atom stereocenters. The quantitative estimate of drug-likeness (QED) is 0.295. The molecule has 0 aromatic heterocycles. The van der Waals surface area contributed by atoms with Crippen molar-refractivity contribution in [1.82, 2.24) is 5.01 Å². The zero-order valence-corrected chi connectivity index (χ0v) is 18.0. The number of amides is 2. The van der Waals surface area contributed by atoms with E-state index in [2.05, 4.69) is 27.7 Å². The molecular formula is C22H17IN2O4. The van der Waals surface area contributed by atoms with E-state index in [9.17, 15) is 9.59 Å². The Kier molecular flexibility index (Phi) is 5.23. The maximum atomic E-state index is 12.9. The van der Waals surface area contributed by atoms with E-state index in [4.69, 9.17) is 9.47 Å². The Hall–Kier alpha value is -2.94. The lowest BCUT2D eigenvalue weighted by molar-refractivity contribution is 0.0616. The van der Waals surface area contributed by atoms with Crippen LogP contribution >= 0.6 is 22.6 Å². The van der Waals surface area contributed by atoms with Gasteiger partial charge in [0.25, 0.3) is 11.8 Å². The van der Waals surface area contributed by atoms with Crippen LogP contribution in [0.5, 0.6) is 11.5 Å². The fourth-order valence-corrected chi connectivity index (χ4v) is 4.13. The van der Waals surface area contributed by atoms with Gasteiger partial charge in [-0.15, -0.1) is 0 Å². The number of benzene rings is 3. The summed E-state index contributed by atoms with van der Waals surface area (Å²) in [5.74, 6) is 0.330. The van der Waals surface area contributed by atoms with Gasteiger partial charge in [0.1, 0.15) is 0 Å². The number of halogens is 1. The Morgan fingerprint density at radius 3 is 2.31 bits per heavy atom. The average molecular weight is 500 g/mol. The number of rotatable bonds is 5. The Morgan fingerprint density at radius 2 is 1.72 bits per heavy atom. The van der Waals surface area contributed by atoms with Crippen LogP contribution in [0.2, 0.25) is 0 Å². The van der Waals surface area contributed by atoms with E-state index < -0.39 is 11.8 Å². The van der Waals surface area contributed by atoms with Crippen molar-refractivity contribution in [2.75, 3.05) is 13.7 Å². The number of carbonyl (C=O) groups is 2. The van der Waals surface area contributed by atoms with Crippen LogP contribution in [-0.4, -0.2) is 36.8 Å². The number of hydrogen-bond donors (Lipinski definition) is 0. The number of imide groups is 1. The van der Waals surface area contributed by atoms with Gasteiger partial charge in [0.05, 0.1) is 34.6 Å². The summed E-state index contributed by atoms with van der Waals surface area (Å²) >= 11 is 2.15. The van der Waals surface area contributed by atoms with Crippen LogP contribution < -0.4 is 9.47 Å². The van der Waals surface area contributed by atoms with Gasteiger partial charge in [-0.3, -0.25) is 9.59 Å². The number of methoxy groups -OCH3 is 1. The third-order valence-corrected chi connectivity index (χ3v) is 5.41. The Morgan fingerprint density at radius 1 is 1.07 bits per heavy atom. The molecule has 29 heavy (non-hydrogen) atoms. The maximum Gasteiger partial charge on any atom is 0.282 e. The van der Waals surface area contributed by atoms with Gasteiger partial charge in [0.15, 0.2) is 11.5 Å². The summed E-state index contributed by atoms with van der Waals surface area (Å²) < 4.78 is 11.9. The van der Waals surface area contributed by atoms with Crippen LogP contribution in [0.4, 0.5) is 0 Å². The molecule has 0 saturated carbocycles. The van der Waals surface area contributed by atoms with Gasteiger partial charge in [0, 0.05) is 5.39 Å². The molecule has 7 heteroatoms. The van der Waals surface area contributed by atoms with E-state index >= 15 is 0 Å². The first-order chi connectivity index (χ1) is 14.0. The highest BCUT2D eigenvalue weighted by molar-refractivity contribution is 14.1. The first kappa shape index (κ1) is 19.4. The van der Waals surface area contributed by atoms with Crippen molar-refractivity contribution in [3.05, 3.63) is 68.8 Å². The molecule has 1 heterocycles. The molecule has 0 atom stereocenters. The molecule has 2 amide bonds. The third-order valence-electron chi connectivity index (χ3n) is 4.61. The van der Waals surface area contributed by atoms with Gasteiger partial charge in [0.2, 0.25) is 0 Å². The Labute approximate surface area is 181 Å². The first-order valence-corrected chi connectivity index (χ1v) is 10.1. The summed E-state index contributed by atoms with van der Waals surface area (Å²) in [4.78, 5) is 25.8. The van der Waals surface area contributed by atoms with Crippen molar-refractivity contribution < 1.29 is 19.1 Å². The van der Waals surface area contributed by atoms with Crippen LogP contribution in [0.25, 0.3) is 10.8 Å². The number of hydrogen-bond acceptors (Lipinski definition) is 5. The molecule has 3 aromatic carbocycles. The van der Waals surface area contributed by atoms with Crippen LogP contribution in [0.15, 0.2) is 53.6 Å². The van der Waals surface area contributed by atoms with E-state index in [1.807, 2.05) is 25.1 Å². The molecular weight excluding hydrogens is 483 g/mol. The number of hydrazone groups is 1. The SMILES string of the molecule is CCOc1c(I)cc(C=NN2C(=O)c3cccc4cccc(c34)C2=O)cc1OC. The molecule has 6 nitrogen and oxygen atoms in total. The highest BCUT2D eigenvalue weighted by Crippen LogP contribution is 2.34. The average Bonchev–Trinajstić information content (AvgIpc) is 2.73. The molecule has 0 spiro atoms. The second-order valence-electron chi connectivity index (χ2n) is 6.34. The summed E-state index contributed by atoms with van der Waals surface area (Å²) in [6, 6.07) is 14.4. The topological polar surface area (TPSA) is 68.2 Å². The lowest BCUT2D eigenvalue weighted by atomic mass is 9.95. The molecule has 0 saturated heterocycles. The minimum atomic E-state index is -0.442. The maximum absolute atomic E-state index is 12.9. The van der Waals surface area contributed by atoms with Crippen LogP contribution in [0.3, 0.4) is 0 Å². The number of carbonyl (C=O) groups excluding carboxylic acids is 2. The van der Waals surface area contributed by atoms with Crippen molar-refractivity contribution in [2.24, 2.45) is 5.10 Å². The monoisotopic (exact) mass is 500 g/mol. The first-order valence-electron chi connectivity index (χ1n) is 9.00. The predicted molar refractivity (Wildman–Crippen MR) is 119 cm³/mol. The molecule has 0 bridgehead atoms. The largest absolute Gasteiger partial charge is 0.493 e. The highest BCUT2D eigenvalue weighted by Gasteiger charge is 2.32. The van der Waals surface area contributed by atoms with E-state index in [-0.39, 0.29) is 0 Å². The minimum Gasteiger partial charge on any atom is -0.493 e. The van der Waals surface area contributed by atoms with Crippen molar-refractivity contribution in [3.8, 4) is 11.5 Å². The molecule has 3 aromatic rings. The van der Waals surface area contributed by atoms with Crippen molar-refractivity contribution in [3.63, 3.8) is 0 Å². The predicted octanol–water partition coefficient (Wildman–Crippen LogP) is 4.48. The fourth-order valence-electron chi connectivity index (χ4n) is 3.35. The lowest BCUT2D eigenvalue weighted by Gasteiger charge is -2.23. The van der Waals surface area contributed by atoms with Crippen LogP contribution in [-0.2, 0) is 0 Å². The normalized spacial score (nSPS) is 13.4. The molecule has 0 fully saturated rings. The molecule has 4 rings (SSSR count). The lowest BCUT2D eigenvalue weighted by Crippen LogP contribution is -2.36. The van der Waals surface area contributed by atoms with Crippen LogP contribution in [0, 0.1) is 3.57 Å². The smallest absolute Gasteiger partial charge is 0.282 e. The molecule has 0 N–H and O–H groups in total. The zero-order chi connectivity index (χ0) is 20.5. The number of nitrogens with zero attached hydrogens (tertiary/aromatic N) is 2. The summed E-state index contributed by atoms with van der Waals surface area (Å²) in [6.45, 7) is 2.42. The Bertz CT molecular complexity index is 1120. The van der Waals surface area contributed by atoms with Gasteiger partial charge in [-0.25, -0.2) is 0 Å². The second-order valence-corrected chi connectivity index (χ2v) is 7.51. The van der Waals surface area contributed by atoms with Gasteiger partial charge < -0.3 is 9.47 Å². The van der Waals surface area contributed by atoms with E-state index in [1.54, 1.807) is 37.4 Å². The highest BCUT2D eigenvalue weighted by atomic mass is 127. The van der Waals surface area contributed by atoms with Gasteiger partial charge >= 0.3 is 0 Å². The van der Waals surface area contributed by atoms with E-state index in [1.165, 1.54) is 6.21 Å². The molecule has 0 radical (unpaired) electrons. The number of ether oxygens (including phenoxy) is 2. The zero-order valence-electron chi connectivity index (χ0n) is 15.8. The van der Waals surface area contributed by atoms with Gasteiger partial charge in [-0.1, -0.05) is 24.3 Å². The van der Waals surface area contributed by atoms with Crippen molar-refractivity contribution >= 4 is 51.4 Å². The fraction of sp³-hybridized carbons (Fsp3) is 0.136. The molecule has 1 aliphatic rings. The summed E-state index contributed by atoms with van der Waals surface area (Å²) in [7, 11) is 1.56. The van der Waals surface area contributed by atoms with Gasteiger partial charge in [-0.05, 0) is 64.7 Å². The minimum absolute atomic E-state index is 0.442. The van der Waals surface area contributed by atoms with Crippen molar-refractivity contribution in [2.45, 2.75) is 6.92 Å². The van der Waals surface area contributed by atoms with E-state index in [0.717, 1.165) is 14.0 Å².